The molecular weight excluding hydrogens is 166 g/mol. The van der Waals surface area contributed by atoms with E-state index in [1.165, 1.54) is 0 Å². The molecule has 0 N–H and O–H groups in total. The van der Waals surface area contributed by atoms with Crippen molar-refractivity contribution < 1.29 is 12.6 Å². The van der Waals surface area contributed by atoms with E-state index in [0.717, 1.165) is 13.0 Å². The first-order valence-corrected chi connectivity index (χ1v) is 4.58. The largest absolute Gasteiger partial charge is 0.309 e. The highest BCUT2D eigenvalue weighted by Gasteiger charge is 2.02. The summed E-state index contributed by atoms with van der Waals surface area (Å²) in [7, 11) is 1.18. The van der Waals surface area contributed by atoms with Crippen LogP contribution in [0.15, 0.2) is 0 Å². The molecule has 0 heterocycles. The highest BCUT2D eigenvalue weighted by Crippen LogP contribution is 1.97. The first kappa shape index (κ1) is 10.9. The molecule has 0 amide bonds. The summed E-state index contributed by atoms with van der Waals surface area (Å²) < 4.78 is 24.6. The summed E-state index contributed by atoms with van der Waals surface area (Å²) in [6.45, 7) is 2.58. The molecule has 4 nitrogen and oxygen atoms in total. The van der Waals surface area contributed by atoms with Crippen LogP contribution >= 0.6 is 0 Å². The van der Waals surface area contributed by atoms with Gasteiger partial charge >= 0.3 is 0 Å². The fourth-order valence-electron chi connectivity index (χ4n) is 0.640. The summed E-state index contributed by atoms with van der Waals surface area (Å²) in [6, 6.07) is 0. The first-order chi connectivity index (χ1) is 5.02. The van der Waals surface area contributed by atoms with E-state index >= 15 is 0 Å². The van der Waals surface area contributed by atoms with Crippen LogP contribution in [-0.2, 0) is 15.2 Å². The van der Waals surface area contributed by atoms with Crippen LogP contribution in [-0.4, -0.2) is 40.1 Å². The molecule has 0 aromatic rings. The van der Waals surface area contributed by atoms with Gasteiger partial charge in [-0.15, -0.1) is 0 Å². The second kappa shape index (κ2) is 5.51. The Bertz CT molecular complexity index is 159. The number of hydrogen-bond acceptors (Lipinski definition) is 4. The van der Waals surface area contributed by atoms with E-state index in [9.17, 15) is 8.42 Å². The molecule has 1 atom stereocenters. The Kier molecular flexibility index (Phi) is 5.45. The van der Waals surface area contributed by atoms with Crippen molar-refractivity contribution in [3.63, 3.8) is 0 Å². The lowest BCUT2D eigenvalue weighted by molar-refractivity contribution is 0.209. The Morgan fingerprint density at radius 3 is 2.36 bits per heavy atom. The Morgan fingerprint density at radius 1 is 1.45 bits per heavy atom. The van der Waals surface area contributed by atoms with Crippen molar-refractivity contribution in [3.05, 3.63) is 0 Å². The maximum absolute atomic E-state index is 10.1. The van der Waals surface area contributed by atoms with Crippen LogP contribution in [0.2, 0.25) is 0 Å². The molecule has 0 aromatic carbocycles. The van der Waals surface area contributed by atoms with Crippen LogP contribution in [0, 0.1) is 0 Å². The van der Waals surface area contributed by atoms with Gasteiger partial charge in [0.05, 0.1) is 6.10 Å². The average molecular weight is 181 g/mol. The molecule has 0 radical (unpaired) electrons. The monoisotopic (exact) mass is 181 g/mol. The predicted octanol–water partition coefficient (Wildman–Crippen LogP) is -0.130. The highest BCUT2D eigenvalue weighted by atomic mass is 32.2. The molecule has 0 fully saturated rings. The van der Waals surface area contributed by atoms with E-state index in [1.807, 2.05) is 19.0 Å². The van der Waals surface area contributed by atoms with Gasteiger partial charge in [0.1, 0.15) is 0 Å². The molecule has 0 aromatic heterocycles. The fourth-order valence-corrected chi connectivity index (χ4v) is 1.04. The van der Waals surface area contributed by atoms with Gasteiger partial charge in [0.2, 0.25) is 0 Å². The molecule has 68 valence electrons. The summed E-state index contributed by atoms with van der Waals surface area (Å²) in [5.74, 6) is 0. The quantitative estimate of drug-likeness (QED) is 0.600. The van der Waals surface area contributed by atoms with Gasteiger partial charge in [-0.25, -0.2) is 8.42 Å². The summed E-state index contributed by atoms with van der Waals surface area (Å²) in [5.41, 5.74) is 0. The zero-order valence-corrected chi connectivity index (χ0v) is 8.01. The predicted molar refractivity (Wildman–Crippen MR) is 44.0 cm³/mol. The molecule has 0 bridgehead atoms. The van der Waals surface area contributed by atoms with Gasteiger partial charge in [-0.3, -0.25) is 4.18 Å². The Morgan fingerprint density at radius 2 is 2.00 bits per heavy atom. The SMILES string of the molecule is CC(CCN(C)C)O[SH](=O)=O. The van der Waals surface area contributed by atoms with Crippen molar-refractivity contribution in [2.24, 2.45) is 0 Å². The standard InChI is InChI=1S/C6H15NO3S/c1-6(10-11(8)9)4-5-7(2)3/h6,11H,4-5H2,1-3H3. The third-order valence-electron chi connectivity index (χ3n) is 1.25. The van der Waals surface area contributed by atoms with Crippen molar-refractivity contribution in [1.82, 2.24) is 4.90 Å². The van der Waals surface area contributed by atoms with Gasteiger partial charge in [0, 0.05) is 6.54 Å². The Hall–Kier alpha value is -0.130. The topological polar surface area (TPSA) is 46.6 Å². The van der Waals surface area contributed by atoms with Gasteiger partial charge in [0.25, 0.3) is 11.0 Å². The lowest BCUT2D eigenvalue weighted by Gasteiger charge is -2.12. The van der Waals surface area contributed by atoms with Crippen molar-refractivity contribution in [3.8, 4) is 0 Å². The van der Waals surface area contributed by atoms with E-state index in [1.54, 1.807) is 6.92 Å². The number of nitrogens with zero attached hydrogens (tertiary/aromatic N) is 1. The second-order valence-corrected chi connectivity index (χ2v) is 3.39. The maximum atomic E-state index is 10.1. The lowest BCUT2D eigenvalue weighted by Crippen LogP contribution is -2.19. The minimum Gasteiger partial charge on any atom is -0.309 e. The maximum Gasteiger partial charge on any atom is 0.257 e. The normalized spacial score (nSPS) is 14.3. The first-order valence-electron chi connectivity index (χ1n) is 3.48. The zero-order valence-electron chi connectivity index (χ0n) is 7.11. The van der Waals surface area contributed by atoms with Crippen molar-refractivity contribution in [2.75, 3.05) is 20.6 Å². The molecule has 0 saturated heterocycles. The van der Waals surface area contributed by atoms with E-state index in [0.29, 0.717) is 0 Å². The van der Waals surface area contributed by atoms with Crippen LogP contribution in [0.1, 0.15) is 13.3 Å². The van der Waals surface area contributed by atoms with E-state index in [-0.39, 0.29) is 6.10 Å². The number of hydrogen-bond donors (Lipinski definition) is 1. The molecule has 0 aliphatic carbocycles. The zero-order chi connectivity index (χ0) is 8.85. The minimum absolute atomic E-state index is 0.210. The molecule has 0 rings (SSSR count). The molecule has 0 aliphatic rings. The summed E-state index contributed by atoms with van der Waals surface area (Å²) in [6.07, 6.45) is 0.523. The number of rotatable bonds is 5. The molecule has 1 unspecified atom stereocenters. The van der Waals surface area contributed by atoms with Gasteiger partial charge in [0.15, 0.2) is 0 Å². The average Bonchev–Trinajstić information content (AvgIpc) is 1.82. The third-order valence-corrected chi connectivity index (χ3v) is 1.78. The fraction of sp³-hybridized carbons (Fsp3) is 1.00. The number of thiol groups is 1. The molecule has 0 spiro atoms. The van der Waals surface area contributed by atoms with Crippen LogP contribution < -0.4 is 0 Å². The Labute approximate surface area is 69.3 Å². The van der Waals surface area contributed by atoms with Crippen LogP contribution in [0.4, 0.5) is 0 Å². The van der Waals surface area contributed by atoms with Gasteiger partial charge in [-0.2, -0.15) is 0 Å². The highest BCUT2D eigenvalue weighted by molar-refractivity contribution is 7.67. The minimum atomic E-state index is -2.69. The molecule has 5 heteroatoms. The van der Waals surface area contributed by atoms with Crippen LogP contribution in [0.3, 0.4) is 0 Å². The molecule has 0 aliphatic heterocycles. The summed E-state index contributed by atoms with van der Waals surface area (Å²) in [4.78, 5) is 1.98. The molecule has 0 saturated carbocycles. The summed E-state index contributed by atoms with van der Waals surface area (Å²) >= 11 is 0. The Balaban J connectivity index is 3.44. The third kappa shape index (κ3) is 7.77. The van der Waals surface area contributed by atoms with Gasteiger partial charge < -0.3 is 4.90 Å². The smallest absolute Gasteiger partial charge is 0.257 e. The van der Waals surface area contributed by atoms with E-state index in [4.69, 9.17) is 0 Å². The lowest BCUT2D eigenvalue weighted by atomic mass is 10.3. The van der Waals surface area contributed by atoms with E-state index in [2.05, 4.69) is 4.18 Å². The van der Waals surface area contributed by atoms with Crippen LogP contribution in [0.5, 0.6) is 0 Å². The molecular formula is C6H15NO3S. The van der Waals surface area contributed by atoms with Crippen molar-refractivity contribution >= 4 is 11.0 Å². The van der Waals surface area contributed by atoms with Gasteiger partial charge in [-0.05, 0) is 27.4 Å². The van der Waals surface area contributed by atoms with Crippen molar-refractivity contribution in [2.45, 2.75) is 19.4 Å². The van der Waals surface area contributed by atoms with E-state index < -0.39 is 11.0 Å². The summed E-state index contributed by atoms with van der Waals surface area (Å²) in [5, 5.41) is 0. The second-order valence-electron chi connectivity index (χ2n) is 2.73. The van der Waals surface area contributed by atoms with Gasteiger partial charge in [-0.1, -0.05) is 0 Å². The van der Waals surface area contributed by atoms with Crippen molar-refractivity contribution in [1.29, 1.82) is 0 Å². The molecule has 11 heavy (non-hydrogen) atoms. The van der Waals surface area contributed by atoms with Crippen LogP contribution in [0.25, 0.3) is 0 Å².